The van der Waals surface area contributed by atoms with Crippen LogP contribution in [-0.2, 0) is 19.5 Å². The number of aromatic nitrogens is 5. The lowest BCUT2D eigenvalue weighted by Gasteiger charge is -2.22. The minimum Gasteiger partial charge on any atom is -0.339 e. The molecule has 102 valence electrons. The van der Waals surface area contributed by atoms with Gasteiger partial charge in [-0.1, -0.05) is 12.1 Å². The van der Waals surface area contributed by atoms with Crippen molar-refractivity contribution in [3.05, 3.63) is 24.4 Å². The molecule has 0 spiro atoms. The Labute approximate surface area is 111 Å². The second-order valence-electron chi connectivity index (χ2n) is 4.84. The molecule has 0 aliphatic carbocycles. The summed E-state index contributed by atoms with van der Waals surface area (Å²) in [4.78, 5) is 10.7. The van der Waals surface area contributed by atoms with Gasteiger partial charge in [0.1, 0.15) is 12.7 Å². The van der Waals surface area contributed by atoms with E-state index >= 15 is 0 Å². The third-order valence-electron chi connectivity index (χ3n) is 3.52. The molecule has 0 saturated carbocycles. The Bertz CT molecular complexity index is 508. The fourth-order valence-electron chi connectivity index (χ4n) is 2.53. The van der Waals surface area contributed by atoms with Crippen LogP contribution in [0, 0.1) is 0 Å². The highest BCUT2D eigenvalue weighted by Crippen LogP contribution is 2.20. The van der Waals surface area contributed by atoms with Crippen LogP contribution < -0.4 is 0 Å². The normalized spacial score (nSPS) is 20.2. The van der Waals surface area contributed by atoms with Gasteiger partial charge in [0, 0.05) is 12.5 Å². The van der Waals surface area contributed by atoms with Crippen molar-refractivity contribution in [2.45, 2.75) is 45.3 Å². The van der Waals surface area contributed by atoms with Gasteiger partial charge in [-0.3, -0.25) is 9.58 Å². The maximum absolute atomic E-state index is 5.15. The van der Waals surface area contributed by atoms with Gasteiger partial charge in [-0.25, -0.2) is 4.98 Å². The standard InChI is InChI=1S/C12H18N6O/c1-2-12-15-11(16-19-12)7-17-5-3-4-10(17)6-18-9-13-8-14-18/h8-10H,2-7H2,1H3/t10-/m0/s1. The van der Waals surface area contributed by atoms with Crippen LogP contribution in [0.3, 0.4) is 0 Å². The van der Waals surface area contributed by atoms with E-state index in [0.717, 1.165) is 31.9 Å². The Hall–Kier alpha value is -1.76. The van der Waals surface area contributed by atoms with Gasteiger partial charge < -0.3 is 4.52 Å². The maximum Gasteiger partial charge on any atom is 0.226 e. The van der Waals surface area contributed by atoms with Crippen molar-refractivity contribution in [3.63, 3.8) is 0 Å². The van der Waals surface area contributed by atoms with E-state index in [1.54, 1.807) is 12.7 Å². The van der Waals surface area contributed by atoms with Crippen LogP contribution in [0.2, 0.25) is 0 Å². The molecule has 0 unspecified atom stereocenters. The van der Waals surface area contributed by atoms with Gasteiger partial charge in [-0.2, -0.15) is 10.1 Å². The maximum atomic E-state index is 5.15. The number of aryl methyl sites for hydroxylation is 1. The second-order valence-corrected chi connectivity index (χ2v) is 4.84. The van der Waals surface area contributed by atoms with E-state index in [2.05, 4.69) is 25.1 Å². The highest BCUT2D eigenvalue weighted by atomic mass is 16.5. The predicted molar refractivity (Wildman–Crippen MR) is 67.1 cm³/mol. The van der Waals surface area contributed by atoms with Gasteiger partial charge in [0.2, 0.25) is 5.89 Å². The summed E-state index contributed by atoms with van der Waals surface area (Å²) in [6.07, 6.45) is 6.51. The number of hydrogen-bond donors (Lipinski definition) is 0. The highest BCUT2D eigenvalue weighted by molar-refractivity contribution is 4.89. The van der Waals surface area contributed by atoms with E-state index in [1.165, 1.54) is 12.8 Å². The van der Waals surface area contributed by atoms with Gasteiger partial charge in [0.15, 0.2) is 5.82 Å². The summed E-state index contributed by atoms with van der Waals surface area (Å²) < 4.78 is 7.04. The van der Waals surface area contributed by atoms with E-state index in [9.17, 15) is 0 Å². The van der Waals surface area contributed by atoms with E-state index in [0.29, 0.717) is 11.9 Å². The molecule has 2 aromatic heterocycles. The first-order chi connectivity index (χ1) is 9.35. The number of nitrogens with zero attached hydrogens (tertiary/aromatic N) is 6. The third-order valence-corrected chi connectivity index (χ3v) is 3.52. The minimum atomic E-state index is 0.477. The minimum absolute atomic E-state index is 0.477. The lowest BCUT2D eigenvalue weighted by Crippen LogP contribution is -2.33. The fourth-order valence-corrected chi connectivity index (χ4v) is 2.53. The lowest BCUT2D eigenvalue weighted by molar-refractivity contribution is 0.211. The van der Waals surface area contributed by atoms with Crippen molar-refractivity contribution in [1.29, 1.82) is 0 Å². The molecule has 0 aromatic carbocycles. The van der Waals surface area contributed by atoms with Crippen LogP contribution in [0.25, 0.3) is 0 Å². The summed E-state index contributed by atoms with van der Waals surface area (Å²) in [5, 5.41) is 8.19. The summed E-state index contributed by atoms with van der Waals surface area (Å²) >= 11 is 0. The molecule has 0 radical (unpaired) electrons. The molecular weight excluding hydrogens is 244 g/mol. The molecule has 3 heterocycles. The molecular formula is C12H18N6O. The first-order valence-electron chi connectivity index (χ1n) is 6.73. The lowest BCUT2D eigenvalue weighted by atomic mass is 10.2. The Kier molecular flexibility index (Phi) is 3.54. The van der Waals surface area contributed by atoms with Gasteiger partial charge in [-0.05, 0) is 19.4 Å². The van der Waals surface area contributed by atoms with Gasteiger partial charge in [0.05, 0.1) is 13.1 Å². The zero-order valence-corrected chi connectivity index (χ0v) is 11.1. The summed E-state index contributed by atoms with van der Waals surface area (Å²) in [5.74, 6) is 1.49. The average Bonchev–Trinajstić information content (AvgIpc) is 3.14. The molecule has 0 amide bonds. The SMILES string of the molecule is CCc1nc(CN2CCC[C@H]2Cn2cncn2)no1. The first kappa shape index (κ1) is 12.3. The average molecular weight is 262 g/mol. The molecule has 3 rings (SSSR count). The van der Waals surface area contributed by atoms with E-state index in [1.807, 2.05) is 11.6 Å². The van der Waals surface area contributed by atoms with Crippen LogP contribution in [0.5, 0.6) is 0 Å². The zero-order valence-electron chi connectivity index (χ0n) is 11.1. The van der Waals surface area contributed by atoms with Gasteiger partial charge >= 0.3 is 0 Å². The van der Waals surface area contributed by atoms with E-state index in [4.69, 9.17) is 4.52 Å². The molecule has 7 nitrogen and oxygen atoms in total. The van der Waals surface area contributed by atoms with Crippen molar-refractivity contribution in [3.8, 4) is 0 Å². The van der Waals surface area contributed by atoms with Crippen molar-refractivity contribution in [1.82, 2.24) is 29.8 Å². The Morgan fingerprint density at radius 1 is 1.47 bits per heavy atom. The van der Waals surface area contributed by atoms with Crippen molar-refractivity contribution in [2.75, 3.05) is 6.54 Å². The van der Waals surface area contributed by atoms with Crippen LogP contribution in [0.15, 0.2) is 17.2 Å². The van der Waals surface area contributed by atoms with Gasteiger partial charge in [-0.15, -0.1) is 0 Å². The smallest absolute Gasteiger partial charge is 0.226 e. The molecule has 1 aliphatic heterocycles. The number of rotatable bonds is 5. The largest absolute Gasteiger partial charge is 0.339 e. The molecule has 7 heteroatoms. The Balaban J connectivity index is 1.62. The van der Waals surface area contributed by atoms with Crippen LogP contribution in [-0.4, -0.2) is 42.4 Å². The molecule has 1 aliphatic rings. The van der Waals surface area contributed by atoms with Gasteiger partial charge in [0.25, 0.3) is 0 Å². The number of hydrogen-bond acceptors (Lipinski definition) is 6. The zero-order chi connectivity index (χ0) is 13.1. The molecule has 1 fully saturated rings. The van der Waals surface area contributed by atoms with Crippen molar-refractivity contribution < 1.29 is 4.52 Å². The van der Waals surface area contributed by atoms with Crippen molar-refractivity contribution in [2.24, 2.45) is 0 Å². The van der Waals surface area contributed by atoms with Crippen LogP contribution in [0.4, 0.5) is 0 Å². The predicted octanol–water partition coefficient (Wildman–Crippen LogP) is 0.888. The van der Waals surface area contributed by atoms with Crippen molar-refractivity contribution >= 4 is 0 Å². The topological polar surface area (TPSA) is 72.9 Å². The third kappa shape index (κ3) is 2.81. The number of likely N-dealkylation sites (tertiary alicyclic amines) is 1. The van der Waals surface area contributed by atoms with E-state index < -0.39 is 0 Å². The Morgan fingerprint density at radius 3 is 3.16 bits per heavy atom. The molecule has 0 bridgehead atoms. The second kappa shape index (κ2) is 5.48. The molecule has 1 atom stereocenters. The Morgan fingerprint density at radius 2 is 2.42 bits per heavy atom. The first-order valence-corrected chi connectivity index (χ1v) is 6.73. The summed E-state index contributed by atoms with van der Waals surface area (Å²) in [6, 6.07) is 0.477. The van der Waals surface area contributed by atoms with Crippen LogP contribution >= 0.6 is 0 Å². The molecule has 0 N–H and O–H groups in total. The molecule has 19 heavy (non-hydrogen) atoms. The molecule has 1 saturated heterocycles. The monoisotopic (exact) mass is 262 g/mol. The highest BCUT2D eigenvalue weighted by Gasteiger charge is 2.26. The van der Waals surface area contributed by atoms with Crippen LogP contribution in [0.1, 0.15) is 31.5 Å². The fraction of sp³-hybridized carbons (Fsp3) is 0.667. The van der Waals surface area contributed by atoms with E-state index in [-0.39, 0.29) is 0 Å². The summed E-state index contributed by atoms with van der Waals surface area (Å²) in [5.41, 5.74) is 0. The summed E-state index contributed by atoms with van der Waals surface area (Å²) in [6.45, 7) is 4.72. The quantitative estimate of drug-likeness (QED) is 0.796. The molecule has 2 aromatic rings. The summed E-state index contributed by atoms with van der Waals surface area (Å²) in [7, 11) is 0.